The molecule has 2 aromatic carbocycles. The Morgan fingerprint density at radius 3 is 2.67 bits per heavy atom. The maximum absolute atomic E-state index is 12.6. The van der Waals surface area contributed by atoms with Gasteiger partial charge in [-0.1, -0.05) is 36.9 Å². The van der Waals surface area contributed by atoms with Gasteiger partial charge in [0.05, 0.1) is 56.3 Å². The van der Waals surface area contributed by atoms with Crippen molar-refractivity contribution in [1.29, 1.82) is 10.5 Å². The van der Waals surface area contributed by atoms with Gasteiger partial charge in [-0.3, -0.25) is 9.69 Å². The average molecular weight is 620 g/mol. The molecule has 1 aromatic heterocycles. The van der Waals surface area contributed by atoms with Gasteiger partial charge >= 0.3 is 0 Å². The zero-order chi connectivity index (χ0) is 32.0. The lowest BCUT2D eigenvalue weighted by atomic mass is 9.95. The highest BCUT2D eigenvalue weighted by Crippen LogP contribution is 2.40. The number of aromatic nitrogens is 1. The van der Waals surface area contributed by atoms with Crippen LogP contribution in [0.1, 0.15) is 35.2 Å². The summed E-state index contributed by atoms with van der Waals surface area (Å²) in [5.41, 5.74) is 5.61. The quantitative estimate of drug-likeness (QED) is 0.257. The van der Waals surface area contributed by atoms with E-state index in [0.717, 1.165) is 62.8 Å². The molecule has 238 valence electrons. The van der Waals surface area contributed by atoms with E-state index in [-0.39, 0.29) is 18.4 Å². The fourth-order valence-corrected chi connectivity index (χ4v) is 7.09. The number of piperazine rings is 1. The fraction of sp³-hybridized carbons (Fsp3) is 0.444. The summed E-state index contributed by atoms with van der Waals surface area (Å²) in [6, 6.07) is 17.2. The predicted molar refractivity (Wildman–Crippen MR) is 178 cm³/mol. The Morgan fingerprint density at radius 1 is 1.11 bits per heavy atom. The minimum Gasteiger partial charge on any atom is -0.477 e. The first-order valence-corrected chi connectivity index (χ1v) is 16.2. The molecule has 1 atom stereocenters. The second-order valence-corrected chi connectivity index (χ2v) is 12.2. The number of nitrogens with zero attached hydrogens (tertiary/aromatic N) is 7. The topological polar surface area (TPSA) is 109 Å². The van der Waals surface area contributed by atoms with Crippen LogP contribution in [-0.4, -0.2) is 92.4 Å². The van der Waals surface area contributed by atoms with Crippen molar-refractivity contribution in [3.63, 3.8) is 0 Å². The third-order valence-electron chi connectivity index (χ3n) is 9.38. The molecule has 10 heteroatoms. The molecule has 0 saturated carbocycles. The zero-order valence-electron chi connectivity index (χ0n) is 26.6. The zero-order valence-corrected chi connectivity index (χ0v) is 26.6. The summed E-state index contributed by atoms with van der Waals surface area (Å²) in [7, 11) is 0. The molecule has 0 N–H and O–H groups in total. The minimum absolute atomic E-state index is 0.178. The largest absolute Gasteiger partial charge is 0.477 e. The van der Waals surface area contributed by atoms with E-state index in [9.17, 15) is 15.3 Å². The van der Waals surface area contributed by atoms with Gasteiger partial charge in [-0.25, -0.2) is 4.98 Å². The molecule has 1 amide bonds. The first-order chi connectivity index (χ1) is 22.5. The molecule has 1 unspecified atom stereocenters. The molecular formula is C36H41N7O3. The van der Waals surface area contributed by atoms with Gasteiger partial charge < -0.3 is 24.2 Å². The van der Waals surface area contributed by atoms with E-state index in [1.165, 1.54) is 28.1 Å². The van der Waals surface area contributed by atoms with Gasteiger partial charge in [0.25, 0.3) is 0 Å². The van der Waals surface area contributed by atoms with E-state index in [0.29, 0.717) is 50.7 Å². The number of carbonyl (C=O) groups is 1. The van der Waals surface area contributed by atoms with Gasteiger partial charge in [0.1, 0.15) is 11.6 Å². The highest BCUT2D eigenvalue weighted by molar-refractivity contribution is 5.97. The van der Waals surface area contributed by atoms with Crippen molar-refractivity contribution in [1.82, 2.24) is 14.8 Å². The average Bonchev–Trinajstić information content (AvgIpc) is 3.09. The Balaban J connectivity index is 1.34. The Hall–Kier alpha value is -4.64. The van der Waals surface area contributed by atoms with Crippen molar-refractivity contribution in [2.45, 2.75) is 38.8 Å². The maximum atomic E-state index is 12.6. The van der Waals surface area contributed by atoms with Gasteiger partial charge in [0.15, 0.2) is 0 Å². The van der Waals surface area contributed by atoms with Crippen LogP contribution in [0.3, 0.4) is 0 Å². The number of ether oxygens (including phenoxy) is 2. The highest BCUT2D eigenvalue weighted by atomic mass is 16.5. The van der Waals surface area contributed by atoms with Crippen LogP contribution >= 0.6 is 0 Å². The van der Waals surface area contributed by atoms with Crippen LogP contribution in [0.15, 0.2) is 49.1 Å². The van der Waals surface area contributed by atoms with Crippen LogP contribution in [0.25, 0.3) is 10.8 Å². The number of carbonyl (C=O) groups excluding carboxylic acids is 1. The molecule has 6 rings (SSSR count). The van der Waals surface area contributed by atoms with Crippen LogP contribution in [-0.2, 0) is 22.5 Å². The number of anilines is 2. The molecule has 2 fully saturated rings. The summed E-state index contributed by atoms with van der Waals surface area (Å²) in [4.78, 5) is 26.3. The van der Waals surface area contributed by atoms with Gasteiger partial charge in [0, 0.05) is 62.5 Å². The summed E-state index contributed by atoms with van der Waals surface area (Å²) < 4.78 is 11.8. The molecule has 0 radical (unpaired) electrons. The number of nitriles is 2. The number of fused-ring (bicyclic) bond motifs is 2. The number of benzene rings is 2. The third-order valence-corrected chi connectivity index (χ3v) is 9.38. The van der Waals surface area contributed by atoms with Crippen molar-refractivity contribution in [2.24, 2.45) is 0 Å². The van der Waals surface area contributed by atoms with E-state index in [4.69, 9.17) is 14.5 Å². The Bertz CT molecular complexity index is 1680. The predicted octanol–water partition coefficient (Wildman–Crippen LogP) is 4.20. The van der Waals surface area contributed by atoms with Crippen molar-refractivity contribution in [3.05, 3.63) is 71.4 Å². The summed E-state index contributed by atoms with van der Waals surface area (Å²) >= 11 is 0. The van der Waals surface area contributed by atoms with E-state index in [1.54, 1.807) is 4.90 Å². The van der Waals surface area contributed by atoms with Gasteiger partial charge in [-0.05, 0) is 42.9 Å². The SMILES string of the molecule is C=CC(=O)N1CCN(c2c(C#N)c(OCCCN3CCOCC3)nc3c2CCN(c2cccc4cccc(C)c24)C3)CC1CC#N. The van der Waals surface area contributed by atoms with Crippen LogP contribution in [0.2, 0.25) is 0 Å². The monoisotopic (exact) mass is 619 g/mol. The van der Waals surface area contributed by atoms with Crippen LogP contribution < -0.4 is 14.5 Å². The molecule has 0 spiro atoms. The smallest absolute Gasteiger partial charge is 0.246 e. The molecular weight excluding hydrogens is 578 g/mol. The number of hydrogen-bond acceptors (Lipinski definition) is 9. The molecule has 4 heterocycles. The summed E-state index contributed by atoms with van der Waals surface area (Å²) in [6.45, 7) is 13.3. The number of hydrogen-bond donors (Lipinski definition) is 0. The van der Waals surface area contributed by atoms with Crippen LogP contribution in [0.4, 0.5) is 11.4 Å². The van der Waals surface area contributed by atoms with Crippen molar-refractivity contribution in [3.8, 4) is 18.0 Å². The first kappa shape index (κ1) is 31.3. The van der Waals surface area contributed by atoms with Gasteiger partial charge in [-0.15, -0.1) is 0 Å². The Labute approximate surface area is 271 Å². The van der Waals surface area contributed by atoms with Gasteiger partial charge in [-0.2, -0.15) is 10.5 Å². The lowest BCUT2D eigenvalue weighted by Crippen LogP contribution is -2.55. The second-order valence-electron chi connectivity index (χ2n) is 12.2. The standard InChI is InChI=1S/C36H41N7O3/c1-3-33(44)43-17-16-42(24-28(43)11-13-37)35-29-12-15-41(32-10-5-9-27-8-4-7-26(2)34(27)32)25-31(29)39-36(30(35)23-38)46-20-6-14-40-18-21-45-22-19-40/h3-5,7-10,28H,1,6,11-12,14-22,24-25H2,2H3. The number of pyridine rings is 1. The van der Waals surface area contributed by atoms with E-state index < -0.39 is 0 Å². The summed E-state index contributed by atoms with van der Waals surface area (Å²) in [5.74, 6) is 0.179. The summed E-state index contributed by atoms with van der Waals surface area (Å²) in [5, 5.41) is 22.6. The van der Waals surface area contributed by atoms with E-state index in [2.05, 4.69) is 76.7 Å². The molecule has 0 bridgehead atoms. The molecule has 3 aromatic rings. The highest BCUT2D eigenvalue weighted by Gasteiger charge is 2.35. The lowest BCUT2D eigenvalue weighted by Gasteiger charge is -2.43. The van der Waals surface area contributed by atoms with Gasteiger partial charge in [0.2, 0.25) is 11.8 Å². The maximum Gasteiger partial charge on any atom is 0.246 e. The molecule has 2 saturated heterocycles. The number of aryl methyl sites for hydroxylation is 1. The van der Waals surface area contributed by atoms with Crippen molar-refractivity contribution in [2.75, 3.05) is 75.4 Å². The fourth-order valence-electron chi connectivity index (χ4n) is 7.09. The van der Waals surface area contributed by atoms with Crippen LogP contribution in [0, 0.1) is 29.6 Å². The Morgan fingerprint density at radius 2 is 1.91 bits per heavy atom. The minimum atomic E-state index is -0.309. The van der Waals surface area contributed by atoms with Crippen molar-refractivity contribution >= 4 is 28.1 Å². The second kappa shape index (κ2) is 14.2. The number of amides is 1. The molecule has 3 aliphatic rings. The third kappa shape index (κ3) is 6.37. The molecule has 10 nitrogen and oxygen atoms in total. The number of morpholine rings is 1. The van der Waals surface area contributed by atoms with Crippen molar-refractivity contribution < 1.29 is 14.3 Å². The number of rotatable bonds is 9. The normalized spacial score (nSPS) is 18.5. The summed E-state index contributed by atoms with van der Waals surface area (Å²) in [6.07, 6.45) is 3.03. The first-order valence-electron chi connectivity index (χ1n) is 16.2. The molecule has 3 aliphatic heterocycles. The van der Waals surface area contributed by atoms with Crippen LogP contribution in [0.5, 0.6) is 5.88 Å². The van der Waals surface area contributed by atoms with E-state index in [1.807, 2.05) is 0 Å². The lowest BCUT2D eigenvalue weighted by molar-refractivity contribution is -0.128. The van der Waals surface area contributed by atoms with E-state index >= 15 is 0 Å². The Kier molecular flexibility index (Phi) is 9.68. The molecule has 46 heavy (non-hydrogen) atoms. The molecule has 0 aliphatic carbocycles.